The topological polar surface area (TPSA) is 43.4 Å². The number of carbonyl (C=O) groups excluding carboxylic acids is 1. The summed E-state index contributed by atoms with van der Waals surface area (Å²) in [6.45, 7) is 1.88. The summed E-state index contributed by atoms with van der Waals surface area (Å²) < 4.78 is 30.9. The highest BCUT2D eigenvalue weighted by Crippen LogP contribution is 2.22. The van der Waals surface area contributed by atoms with E-state index >= 15 is 0 Å². The third kappa shape index (κ3) is 3.55. The molecule has 0 N–H and O–H groups in total. The fourth-order valence-electron chi connectivity index (χ4n) is 1.93. The molecule has 0 saturated carbocycles. The van der Waals surface area contributed by atoms with Crippen molar-refractivity contribution in [2.45, 2.75) is 11.8 Å². The molecular formula is C16H15FO3S. The van der Waals surface area contributed by atoms with Crippen molar-refractivity contribution in [3.8, 4) is 5.75 Å². The van der Waals surface area contributed by atoms with Gasteiger partial charge in [0.2, 0.25) is 0 Å². The molecule has 0 heterocycles. The zero-order valence-corrected chi connectivity index (χ0v) is 12.6. The van der Waals surface area contributed by atoms with Crippen LogP contribution in [0.3, 0.4) is 0 Å². The number of methoxy groups -OCH3 is 1. The minimum atomic E-state index is -1.72. The predicted octanol–water partition coefficient (Wildman–Crippen LogP) is 3.13. The second kappa shape index (κ2) is 6.63. The van der Waals surface area contributed by atoms with Crippen LogP contribution in [0, 0.1) is 12.7 Å². The highest BCUT2D eigenvalue weighted by molar-refractivity contribution is 7.85. The summed E-state index contributed by atoms with van der Waals surface area (Å²) in [4.78, 5) is 12.3. The van der Waals surface area contributed by atoms with Crippen LogP contribution in [-0.2, 0) is 10.8 Å². The van der Waals surface area contributed by atoms with Gasteiger partial charge in [-0.1, -0.05) is 18.2 Å². The van der Waals surface area contributed by atoms with Gasteiger partial charge in [0.15, 0.2) is 5.78 Å². The highest BCUT2D eigenvalue weighted by atomic mass is 32.2. The number of Topliss-reactive ketones (excluding diaryl/α,β-unsaturated/α-hetero) is 1. The quantitative estimate of drug-likeness (QED) is 0.797. The van der Waals surface area contributed by atoms with Crippen LogP contribution in [0.15, 0.2) is 47.4 Å². The third-order valence-electron chi connectivity index (χ3n) is 3.00. The van der Waals surface area contributed by atoms with Gasteiger partial charge in [-0.2, -0.15) is 0 Å². The highest BCUT2D eigenvalue weighted by Gasteiger charge is 2.18. The minimum Gasteiger partial charge on any atom is -0.496 e. The van der Waals surface area contributed by atoms with E-state index in [0.29, 0.717) is 11.3 Å². The summed E-state index contributed by atoms with van der Waals surface area (Å²) in [5.41, 5.74) is 1.31. The van der Waals surface area contributed by atoms with Gasteiger partial charge < -0.3 is 4.74 Å². The first kappa shape index (κ1) is 15.4. The van der Waals surface area contributed by atoms with E-state index in [-0.39, 0.29) is 16.4 Å². The van der Waals surface area contributed by atoms with Gasteiger partial charge in [-0.15, -0.1) is 0 Å². The molecule has 1 unspecified atom stereocenters. The van der Waals surface area contributed by atoms with E-state index in [1.165, 1.54) is 25.3 Å². The van der Waals surface area contributed by atoms with Crippen LogP contribution in [0.25, 0.3) is 0 Å². The number of ether oxygens (including phenoxy) is 1. The first-order chi connectivity index (χ1) is 10.0. The molecule has 2 aromatic rings. The number of benzene rings is 2. The summed E-state index contributed by atoms with van der Waals surface area (Å²) in [5, 5.41) is 0. The van der Waals surface area contributed by atoms with E-state index in [1.54, 1.807) is 24.3 Å². The molecule has 0 aromatic heterocycles. The number of halogens is 1. The van der Waals surface area contributed by atoms with Gasteiger partial charge in [-0.25, -0.2) is 4.39 Å². The minimum absolute atomic E-state index is 0.0388. The maximum Gasteiger partial charge on any atom is 0.179 e. The maximum absolute atomic E-state index is 13.6. The molecule has 0 amide bonds. The molecule has 0 fully saturated rings. The van der Waals surface area contributed by atoms with E-state index in [0.717, 1.165) is 5.56 Å². The number of rotatable bonds is 5. The Hall–Kier alpha value is -2.01. The Morgan fingerprint density at radius 1 is 1.24 bits per heavy atom. The van der Waals surface area contributed by atoms with Gasteiger partial charge in [0.1, 0.15) is 11.6 Å². The smallest absolute Gasteiger partial charge is 0.179 e. The van der Waals surface area contributed by atoms with Gasteiger partial charge in [0.25, 0.3) is 0 Å². The Morgan fingerprint density at radius 3 is 2.62 bits per heavy atom. The molecule has 0 radical (unpaired) electrons. The fourth-order valence-corrected chi connectivity index (χ4v) is 3.00. The van der Waals surface area contributed by atoms with Crippen LogP contribution < -0.4 is 4.74 Å². The normalized spacial score (nSPS) is 12.0. The average Bonchev–Trinajstić information content (AvgIpc) is 2.47. The van der Waals surface area contributed by atoms with Crippen molar-refractivity contribution in [2.75, 3.05) is 12.9 Å². The molecule has 3 nitrogen and oxygen atoms in total. The Kier molecular flexibility index (Phi) is 4.85. The lowest BCUT2D eigenvalue weighted by atomic mass is 10.1. The molecule has 0 saturated heterocycles. The lowest BCUT2D eigenvalue weighted by Crippen LogP contribution is -2.13. The molecule has 0 aliphatic carbocycles. The van der Waals surface area contributed by atoms with Crippen molar-refractivity contribution < 1.29 is 18.1 Å². The third-order valence-corrected chi connectivity index (χ3v) is 4.35. The van der Waals surface area contributed by atoms with E-state index in [1.807, 2.05) is 6.92 Å². The van der Waals surface area contributed by atoms with Crippen LogP contribution in [-0.4, -0.2) is 22.9 Å². The molecule has 0 bridgehead atoms. The summed E-state index contributed by atoms with van der Waals surface area (Å²) in [6, 6.07) is 10.9. The van der Waals surface area contributed by atoms with Crippen LogP contribution in [0.1, 0.15) is 15.9 Å². The fraction of sp³-hybridized carbons (Fsp3) is 0.188. The van der Waals surface area contributed by atoms with Crippen molar-refractivity contribution in [1.29, 1.82) is 0 Å². The summed E-state index contributed by atoms with van der Waals surface area (Å²) in [6.07, 6.45) is 0. The van der Waals surface area contributed by atoms with Gasteiger partial charge in [-0.3, -0.25) is 9.00 Å². The van der Waals surface area contributed by atoms with Crippen molar-refractivity contribution in [2.24, 2.45) is 0 Å². The van der Waals surface area contributed by atoms with Crippen molar-refractivity contribution in [3.05, 3.63) is 59.4 Å². The maximum atomic E-state index is 13.6. The molecule has 0 aliphatic heterocycles. The van der Waals surface area contributed by atoms with Crippen molar-refractivity contribution in [1.82, 2.24) is 0 Å². The summed E-state index contributed by atoms with van der Waals surface area (Å²) >= 11 is 0. The number of aryl methyl sites for hydroxylation is 1. The standard InChI is InChI=1S/C16H15FO3S/c1-11-7-8-12(15(9-11)20-2)14(18)10-21(19)16-6-4-3-5-13(16)17/h3-9H,10H2,1-2H3. The molecule has 21 heavy (non-hydrogen) atoms. The number of ketones is 1. The molecule has 0 aliphatic rings. The summed E-state index contributed by atoms with van der Waals surface area (Å²) in [5.74, 6) is -0.751. The van der Waals surface area contributed by atoms with Crippen LogP contribution in [0.2, 0.25) is 0 Å². The number of hydrogen-bond acceptors (Lipinski definition) is 3. The number of hydrogen-bond donors (Lipinski definition) is 0. The Labute approximate surface area is 125 Å². The zero-order chi connectivity index (χ0) is 15.4. The molecule has 5 heteroatoms. The van der Waals surface area contributed by atoms with Crippen molar-refractivity contribution in [3.63, 3.8) is 0 Å². The van der Waals surface area contributed by atoms with E-state index in [2.05, 4.69) is 0 Å². The zero-order valence-electron chi connectivity index (χ0n) is 11.8. The molecule has 110 valence electrons. The van der Waals surface area contributed by atoms with Crippen LogP contribution >= 0.6 is 0 Å². The largest absolute Gasteiger partial charge is 0.496 e. The second-order valence-corrected chi connectivity index (χ2v) is 5.97. The van der Waals surface area contributed by atoms with Gasteiger partial charge in [0.05, 0.1) is 34.1 Å². The Balaban J connectivity index is 2.23. The van der Waals surface area contributed by atoms with E-state index in [4.69, 9.17) is 4.74 Å². The summed E-state index contributed by atoms with van der Waals surface area (Å²) in [7, 11) is -0.250. The lowest BCUT2D eigenvalue weighted by molar-refractivity contribution is 0.101. The molecule has 2 rings (SSSR count). The van der Waals surface area contributed by atoms with Crippen LogP contribution in [0.4, 0.5) is 4.39 Å². The molecule has 0 spiro atoms. The first-order valence-corrected chi connectivity index (χ1v) is 7.65. The van der Waals surface area contributed by atoms with E-state index in [9.17, 15) is 13.4 Å². The van der Waals surface area contributed by atoms with Gasteiger partial charge in [0, 0.05) is 0 Å². The number of carbonyl (C=O) groups is 1. The molecule has 1 atom stereocenters. The lowest BCUT2D eigenvalue weighted by Gasteiger charge is -2.09. The average molecular weight is 306 g/mol. The monoisotopic (exact) mass is 306 g/mol. The Bertz CT molecular complexity index is 698. The SMILES string of the molecule is COc1cc(C)ccc1C(=O)CS(=O)c1ccccc1F. The first-order valence-electron chi connectivity index (χ1n) is 6.33. The van der Waals surface area contributed by atoms with Gasteiger partial charge >= 0.3 is 0 Å². The van der Waals surface area contributed by atoms with Crippen molar-refractivity contribution >= 4 is 16.6 Å². The van der Waals surface area contributed by atoms with E-state index < -0.39 is 16.6 Å². The second-order valence-electron chi connectivity index (χ2n) is 4.55. The predicted molar refractivity (Wildman–Crippen MR) is 79.7 cm³/mol. The molecular weight excluding hydrogens is 291 g/mol. The Morgan fingerprint density at radius 2 is 1.95 bits per heavy atom. The van der Waals surface area contributed by atoms with Crippen LogP contribution in [0.5, 0.6) is 5.75 Å². The van der Waals surface area contributed by atoms with Gasteiger partial charge in [-0.05, 0) is 36.8 Å². The molecule has 2 aromatic carbocycles.